The summed E-state index contributed by atoms with van der Waals surface area (Å²) in [6.07, 6.45) is 4.50. The third-order valence-corrected chi connectivity index (χ3v) is 7.08. The Labute approximate surface area is 189 Å². The maximum Gasteiger partial charge on any atom is 0.260 e. The van der Waals surface area contributed by atoms with Crippen LogP contribution in [0.4, 0.5) is 5.13 Å². The molecular weight excluding hydrogens is 454 g/mol. The van der Waals surface area contributed by atoms with Crippen LogP contribution < -0.4 is 4.90 Å². The van der Waals surface area contributed by atoms with Gasteiger partial charge in [-0.3, -0.25) is 14.7 Å². The molecule has 9 heteroatoms. The Bertz CT molecular complexity index is 1370. The number of rotatable bonds is 5. The van der Waals surface area contributed by atoms with E-state index in [0.29, 0.717) is 15.7 Å². The minimum absolute atomic E-state index is 0.160. The molecule has 2 aromatic carbocycles. The first-order chi connectivity index (χ1) is 14.7. The number of nitrogens with zero attached hydrogens (tertiary/aromatic N) is 3. The quantitative estimate of drug-likeness (QED) is 0.413. The predicted molar refractivity (Wildman–Crippen MR) is 124 cm³/mol. The molecule has 31 heavy (non-hydrogen) atoms. The molecule has 0 spiro atoms. The van der Waals surface area contributed by atoms with Crippen molar-refractivity contribution >= 4 is 54.0 Å². The van der Waals surface area contributed by atoms with Gasteiger partial charge in [-0.15, -0.1) is 0 Å². The summed E-state index contributed by atoms with van der Waals surface area (Å²) in [4.78, 5) is 24.0. The van der Waals surface area contributed by atoms with Crippen molar-refractivity contribution in [3.05, 3.63) is 82.6 Å². The maximum atomic E-state index is 13.4. The van der Waals surface area contributed by atoms with Crippen LogP contribution in [0.2, 0.25) is 5.02 Å². The van der Waals surface area contributed by atoms with Crippen molar-refractivity contribution in [2.75, 3.05) is 11.2 Å². The number of anilines is 1. The summed E-state index contributed by atoms with van der Waals surface area (Å²) in [5.41, 5.74) is 2.93. The van der Waals surface area contributed by atoms with E-state index in [-0.39, 0.29) is 17.3 Å². The van der Waals surface area contributed by atoms with Gasteiger partial charge in [-0.05, 0) is 60.5 Å². The van der Waals surface area contributed by atoms with Crippen LogP contribution in [0.1, 0.15) is 21.5 Å². The van der Waals surface area contributed by atoms with Crippen molar-refractivity contribution in [3.63, 3.8) is 0 Å². The molecule has 0 aliphatic heterocycles. The summed E-state index contributed by atoms with van der Waals surface area (Å²) in [6.45, 7) is 2.20. The molecule has 0 saturated carbocycles. The number of pyridine rings is 1. The van der Waals surface area contributed by atoms with E-state index in [4.69, 9.17) is 16.6 Å². The van der Waals surface area contributed by atoms with Gasteiger partial charge < -0.3 is 0 Å². The number of fused-ring (bicyclic) bond motifs is 1. The lowest BCUT2D eigenvalue weighted by molar-refractivity contribution is 0.0985. The average Bonchev–Trinajstić information content (AvgIpc) is 3.16. The number of amides is 1. The molecule has 0 N–H and O–H groups in total. The highest BCUT2D eigenvalue weighted by Crippen LogP contribution is 2.34. The fraction of sp³-hybridized carbons (Fsp3) is 0.136. The van der Waals surface area contributed by atoms with Crippen LogP contribution in [0.3, 0.4) is 0 Å². The normalized spacial score (nSPS) is 11.6. The first-order valence-electron chi connectivity index (χ1n) is 9.30. The monoisotopic (exact) mass is 471 g/mol. The third kappa shape index (κ3) is 4.61. The van der Waals surface area contributed by atoms with Crippen LogP contribution in [0.5, 0.6) is 0 Å². The summed E-state index contributed by atoms with van der Waals surface area (Å²) in [5, 5.41) is 1.14. The Balaban J connectivity index is 1.77. The molecular formula is C22H18ClN3O3S2. The van der Waals surface area contributed by atoms with E-state index in [9.17, 15) is 13.2 Å². The molecule has 6 nitrogen and oxygen atoms in total. The first kappa shape index (κ1) is 21.4. The van der Waals surface area contributed by atoms with E-state index in [1.54, 1.807) is 23.4 Å². The number of aryl methyl sites for hydroxylation is 1. The number of halogens is 1. The number of sulfone groups is 1. The van der Waals surface area contributed by atoms with Crippen molar-refractivity contribution in [2.24, 2.45) is 0 Å². The van der Waals surface area contributed by atoms with Crippen molar-refractivity contribution in [1.82, 2.24) is 9.97 Å². The highest BCUT2D eigenvalue weighted by Gasteiger charge is 2.23. The smallest absolute Gasteiger partial charge is 0.260 e. The van der Waals surface area contributed by atoms with E-state index < -0.39 is 9.84 Å². The molecule has 0 saturated heterocycles. The van der Waals surface area contributed by atoms with Gasteiger partial charge >= 0.3 is 0 Å². The molecule has 0 fully saturated rings. The van der Waals surface area contributed by atoms with E-state index in [1.807, 2.05) is 25.1 Å². The van der Waals surface area contributed by atoms with Gasteiger partial charge in [0.15, 0.2) is 15.0 Å². The van der Waals surface area contributed by atoms with Crippen molar-refractivity contribution < 1.29 is 13.2 Å². The number of thiazole rings is 1. The highest BCUT2D eigenvalue weighted by molar-refractivity contribution is 7.90. The maximum absolute atomic E-state index is 13.4. The second kappa shape index (κ2) is 8.37. The lowest BCUT2D eigenvalue weighted by Gasteiger charge is -2.20. The van der Waals surface area contributed by atoms with E-state index in [2.05, 4.69) is 4.98 Å². The predicted octanol–water partition coefficient (Wildman–Crippen LogP) is 4.90. The van der Waals surface area contributed by atoms with Crippen LogP contribution >= 0.6 is 22.9 Å². The summed E-state index contributed by atoms with van der Waals surface area (Å²) >= 11 is 7.57. The minimum Gasteiger partial charge on any atom is -0.279 e. The molecule has 0 bridgehead atoms. The van der Waals surface area contributed by atoms with Gasteiger partial charge in [-0.2, -0.15) is 0 Å². The van der Waals surface area contributed by atoms with Gasteiger partial charge in [-0.1, -0.05) is 29.0 Å². The number of hydrogen-bond donors (Lipinski definition) is 0. The lowest BCUT2D eigenvalue weighted by atomic mass is 10.2. The van der Waals surface area contributed by atoms with E-state index >= 15 is 0 Å². The summed E-state index contributed by atoms with van der Waals surface area (Å²) in [7, 11) is -3.35. The van der Waals surface area contributed by atoms with Gasteiger partial charge in [0.05, 0.1) is 21.7 Å². The molecule has 0 unspecified atom stereocenters. The Kier molecular flexibility index (Phi) is 5.79. The van der Waals surface area contributed by atoms with Crippen LogP contribution in [0.15, 0.2) is 65.8 Å². The van der Waals surface area contributed by atoms with Crippen LogP contribution in [0, 0.1) is 6.92 Å². The van der Waals surface area contributed by atoms with Crippen molar-refractivity contribution in [2.45, 2.75) is 18.4 Å². The number of hydrogen-bond acceptors (Lipinski definition) is 6. The molecule has 1 amide bonds. The highest BCUT2D eigenvalue weighted by atomic mass is 35.5. The zero-order valence-corrected chi connectivity index (χ0v) is 19.1. The topological polar surface area (TPSA) is 80.2 Å². The Morgan fingerprint density at radius 3 is 2.55 bits per heavy atom. The zero-order chi connectivity index (χ0) is 22.2. The Hall–Kier alpha value is -2.81. The van der Waals surface area contributed by atoms with E-state index in [0.717, 1.165) is 27.6 Å². The van der Waals surface area contributed by atoms with Gasteiger partial charge in [0.2, 0.25) is 0 Å². The van der Waals surface area contributed by atoms with Gasteiger partial charge in [0, 0.05) is 29.2 Å². The summed E-state index contributed by atoms with van der Waals surface area (Å²) < 4.78 is 24.4. The number of benzene rings is 2. The number of carbonyl (C=O) groups excluding carboxylic acids is 1. The van der Waals surface area contributed by atoms with Crippen LogP contribution in [-0.4, -0.2) is 30.5 Å². The van der Waals surface area contributed by atoms with Crippen molar-refractivity contribution in [3.8, 4) is 0 Å². The molecule has 0 aliphatic carbocycles. The molecule has 4 aromatic rings. The lowest BCUT2D eigenvalue weighted by Crippen LogP contribution is -2.30. The second-order valence-electron chi connectivity index (χ2n) is 7.11. The standard InChI is InChI=1S/C22H18ClN3O3S2/c1-14-10-17(23)11-19-20(14)25-22(30-19)26(13-15-4-3-9-24-12-15)21(27)16-5-7-18(8-6-16)31(2,28)29/h3-12H,13H2,1-2H3. The van der Waals surface area contributed by atoms with E-state index in [1.165, 1.54) is 35.6 Å². The number of aromatic nitrogens is 2. The zero-order valence-electron chi connectivity index (χ0n) is 16.7. The summed E-state index contributed by atoms with van der Waals surface area (Å²) in [5.74, 6) is -0.285. The molecule has 158 valence electrons. The third-order valence-electron chi connectivity index (χ3n) is 4.71. The molecule has 0 atom stereocenters. The fourth-order valence-electron chi connectivity index (χ4n) is 3.16. The molecule has 2 aromatic heterocycles. The average molecular weight is 472 g/mol. The Morgan fingerprint density at radius 2 is 1.90 bits per heavy atom. The van der Waals surface area contributed by atoms with Gasteiger partial charge in [-0.25, -0.2) is 13.4 Å². The minimum atomic E-state index is -3.35. The fourth-order valence-corrected chi connectivity index (χ4v) is 5.21. The molecule has 0 radical (unpaired) electrons. The molecule has 0 aliphatic rings. The van der Waals surface area contributed by atoms with Gasteiger partial charge in [0.25, 0.3) is 5.91 Å². The molecule has 2 heterocycles. The van der Waals surface area contributed by atoms with Gasteiger partial charge in [0.1, 0.15) is 0 Å². The largest absolute Gasteiger partial charge is 0.279 e. The Morgan fingerprint density at radius 1 is 1.16 bits per heavy atom. The molecule has 4 rings (SSSR count). The van der Waals surface area contributed by atoms with Crippen LogP contribution in [0.25, 0.3) is 10.2 Å². The SMILES string of the molecule is Cc1cc(Cl)cc2sc(N(Cc3cccnc3)C(=O)c3ccc(S(C)(=O)=O)cc3)nc12. The summed E-state index contributed by atoms with van der Waals surface area (Å²) in [6, 6.07) is 13.3. The first-order valence-corrected chi connectivity index (χ1v) is 12.4. The number of carbonyl (C=O) groups is 1. The van der Waals surface area contributed by atoms with Crippen molar-refractivity contribution in [1.29, 1.82) is 0 Å². The second-order valence-corrected chi connectivity index (χ2v) is 10.6. The van der Waals surface area contributed by atoms with Crippen LogP contribution in [-0.2, 0) is 16.4 Å².